The standard InChI is InChI=1S/C18H22N4O3S/c1-11(19-2)7-16-21-17(25-22-16)9-13-10-26-18(20-13)12-5-6-14(23-3)15(8-12)24-4/h5-6,8,10-11,19H,7,9H2,1-4H3. The lowest BCUT2D eigenvalue weighted by Gasteiger charge is -2.08. The van der Waals surface area contributed by atoms with Crippen molar-refractivity contribution >= 4 is 11.3 Å². The van der Waals surface area contributed by atoms with E-state index in [-0.39, 0.29) is 0 Å². The number of aromatic nitrogens is 3. The van der Waals surface area contributed by atoms with Gasteiger partial charge in [-0.1, -0.05) is 5.16 Å². The monoisotopic (exact) mass is 374 g/mol. The van der Waals surface area contributed by atoms with Gasteiger partial charge in [0.05, 0.1) is 26.3 Å². The third-order valence-corrected chi connectivity index (χ3v) is 4.95. The van der Waals surface area contributed by atoms with Crippen LogP contribution in [0.5, 0.6) is 11.5 Å². The van der Waals surface area contributed by atoms with Crippen molar-refractivity contribution in [2.24, 2.45) is 0 Å². The first kappa shape index (κ1) is 18.3. The van der Waals surface area contributed by atoms with Crippen molar-refractivity contribution in [2.75, 3.05) is 21.3 Å². The molecule has 1 aromatic carbocycles. The predicted octanol–water partition coefficient (Wildman–Crippen LogP) is 2.95. The lowest BCUT2D eigenvalue weighted by molar-refractivity contribution is 0.355. The van der Waals surface area contributed by atoms with Crippen molar-refractivity contribution in [2.45, 2.75) is 25.8 Å². The molecule has 0 aliphatic carbocycles. The van der Waals surface area contributed by atoms with E-state index in [9.17, 15) is 0 Å². The first-order valence-corrected chi connectivity index (χ1v) is 9.16. The van der Waals surface area contributed by atoms with Crippen LogP contribution in [0.15, 0.2) is 28.1 Å². The van der Waals surface area contributed by atoms with Crippen LogP contribution in [0, 0.1) is 0 Å². The Labute approximate surface area is 156 Å². The number of benzene rings is 1. The third kappa shape index (κ3) is 4.20. The zero-order valence-electron chi connectivity index (χ0n) is 15.3. The summed E-state index contributed by atoms with van der Waals surface area (Å²) in [6.45, 7) is 2.08. The molecule has 0 spiro atoms. The summed E-state index contributed by atoms with van der Waals surface area (Å²) in [6, 6.07) is 6.07. The quantitative estimate of drug-likeness (QED) is 0.649. The second-order valence-corrected chi connectivity index (χ2v) is 6.75. The molecule has 1 N–H and O–H groups in total. The van der Waals surface area contributed by atoms with Crippen LogP contribution in [-0.4, -0.2) is 42.4 Å². The van der Waals surface area contributed by atoms with Crippen LogP contribution in [-0.2, 0) is 12.8 Å². The Hall–Kier alpha value is -2.45. The van der Waals surface area contributed by atoms with Gasteiger partial charge in [-0.05, 0) is 32.2 Å². The summed E-state index contributed by atoms with van der Waals surface area (Å²) >= 11 is 1.57. The summed E-state index contributed by atoms with van der Waals surface area (Å²) < 4.78 is 16.0. The van der Waals surface area contributed by atoms with Crippen LogP contribution < -0.4 is 14.8 Å². The van der Waals surface area contributed by atoms with Crippen molar-refractivity contribution in [1.29, 1.82) is 0 Å². The van der Waals surface area contributed by atoms with Crippen molar-refractivity contribution < 1.29 is 14.0 Å². The minimum absolute atomic E-state index is 0.302. The van der Waals surface area contributed by atoms with E-state index < -0.39 is 0 Å². The Kier molecular flexibility index (Phi) is 5.85. The van der Waals surface area contributed by atoms with E-state index in [0.717, 1.165) is 22.7 Å². The molecule has 3 aromatic rings. The molecule has 2 aromatic heterocycles. The molecule has 0 bridgehead atoms. The molecule has 1 atom stereocenters. The normalized spacial score (nSPS) is 12.2. The molecule has 138 valence electrons. The predicted molar refractivity (Wildman–Crippen MR) is 100.0 cm³/mol. The van der Waals surface area contributed by atoms with Crippen molar-refractivity contribution in [1.82, 2.24) is 20.4 Å². The molecule has 1 unspecified atom stereocenters. The Morgan fingerprint density at radius 2 is 2.00 bits per heavy atom. The molecule has 0 saturated heterocycles. The fraction of sp³-hybridized carbons (Fsp3) is 0.389. The van der Waals surface area contributed by atoms with Crippen LogP contribution >= 0.6 is 11.3 Å². The summed E-state index contributed by atoms with van der Waals surface area (Å²) in [5, 5.41) is 10.1. The van der Waals surface area contributed by atoms with Crippen molar-refractivity contribution in [3.05, 3.63) is 41.0 Å². The zero-order chi connectivity index (χ0) is 18.5. The van der Waals surface area contributed by atoms with Crippen LogP contribution in [0.3, 0.4) is 0 Å². The van der Waals surface area contributed by atoms with Gasteiger partial charge < -0.3 is 19.3 Å². The van der Waals surface area contributed by atoms with E-state index in [4.69, 9.17) is 14.0 Å². The molecular formula is C18H22N4O3S. The Bertz CT molecular complexity index is 862. The smallest absolute Gasteiger partial charge is 0.232 e. The molecule has 0 fully saturated rings. The second-order valence-electron chi connectivity index (χ2n) is 5.89. The summed E-state index contributed by atoms with van der Waals surface area (Å²) in [7, 11) is 5.16. The molecule has 8 heteroatoms. The highest BCUT2D eigenvalue weighted by Gasteiger charge is 2.13. The molecular weight excluding hydrogens is 352 g/mol. The summed E-state index contributed by atoms with van der Waals surface area (Å²) in [5.41, 5.74) is 1.88. The van der Waals surface area contributed by atoms with Gasteiger partial charge in [-0.2, -0.15) is 4.98 Å². The number of likely N-dealkylation sites (N-methyl/N-ethyl adjacent to an activating group) is 1. The number of nitrogens with one attached hydrogen (secondary N) is 1. The third-order valence-electron chi connectivity index (χ3n) is 4.01. The molecule has 0 amide bonds. The summed E-state index contributed by atoms with van der Waals surface area (Å²) in [5.74, 6) is 2.66. The highest BCUT2D eigenvalue weighted by Crippen LogP contribution is 2.33. The summed E-state index contributed by atoms with van der Waals surface area (Å²) in [6.07, 6.45) is 1.25. The van der Waals surface area contributed by atoms with Crippen LogP contribution in [0.4, 0.5) is 0 Å². The van der Waals surface area contributed by atoms with Gasteiger partial charge in [-0.3, -0.25) is 0 Å². The molecule has 7 nitrogen and oxygen atoms in total. The van der Waals surface area contributed by atoms with E-state index in [2.05, 4.69) is 27.4 Å². The Morgan fingerprint density at radius 1 is 1.19 bits per heavy atom. The van der Waals surface area contributed by atoms with E-state index >= 15 is 0 Å². The fourth-order valence-corrected chi connectivity index (χ4v) is 3.28. The fourth-order valence-electron chi connectivity index (χ4n) is 2.47. The molecule has 3 rings (SSSR count). The number of thiazole rings is 1. The number of ether oxygens (including phenoxy) is 2. The topological polar surface area (TPSA) is 82.3 Å². The Morgan fingerprint density at radius 3 is 2.73 bits per heavy atom. The minimum atomic E-state index is 0.302. The van der Waals surface area contributed by atoms with Crippen molar-refractivity contribution in [3.8, 4) is 22.1 Å². The second kappa shape index (κ2) is 8.29. The average molecular weight is 374 g/mol. The van der Waals surface area contributed by atoms with Gasteiger partial charge >= 0.3 is 0 Å². The van der Waals surface area contributed by atoms with Crippen molar-refractivity contribution in [3.63, 3.8) is 0 Å². The van der Waals surface area contributed by atoms with Gasteiger partial charge in [0, 0.05) is 23.4 Å². The number of hydrogen-bond donors (Lipinski definition) is 1. The molecule has 0 radical (unpaired) electrons. The number of rotatable bonds is 8. The molecule has 26 heavy (non-hydrogen) atoms. The zero-order valence-corrected chi connectivity index (χ0v) is 16.1. The highest BCUT2D eigenvalue weighted by atomic mass is 32.1. The first-order chi connectivity index (χ1) is 12.6. The SMILES string of the molecule is CNC(C)Cc1noc(Cc2csc(-c3ccc(OC)c(OC)c3)n2)n1. The van der Waals surface area contributed by atoms with E-state index in [1.165, 1.54) is 0 Å². The van der Waals surface area contributed by atoms with Crippen LogP contribution in [0.25, 0.3) is 10.6 Å². The molecule has 2 heterocycles. The summed E-state index contributed by atoms with van der Waals surface area (Å²) in [4.78, 5) is 9.11. The highest BCUT2D eigenvalue weighted by molar-refractivity contribution is 7.13. The lowest BCUT2D eigenvalue weighted by atomic mass is 10.2. The Balaban J connectivity index is 1.72. The molecule has 0 aliphatic heterocycles. The van der Waals surface area contributed by atoms with E-state index in [1.807, 2.05) is 30.6 Å². The number of hydrogen-bond acceptors (Lipinski definition) is 8. The largest absolute Gasteiger partial charge is 0.493 e. The van der Waals surface area contributed by atoms with E-state index in [0.29, 0.717) is 35.7 Å². The van der Waals surface area contributed by atoms with Gasteiger partial charge in [0.1, 0.15) is 5.01 Å². The van der Waals surface area contributed by atoms with Crippen LogP contribution in [0.2, 0.25) is 0 Å². The van der Waals surface area contributed by atoms with Crippen LogP contribution in [0.1, 0.15) is 24.3 Å². The van der Waals surface area contributed by atoms with Gasteiger partial charge in [0.25, 0.3) is 0 Å². The molecule has 0 aliphatic rings. The minimum Gasteiger partial charge on any atom is -0.493 e. The number of methoxy groups -OCH3 is 2. The maximum Gasteiger partial charge on any atom is 0.232 e. The first-order valence-electron chi connectivity index (χ1n) is 8.28. The van der Waals surface area contributed by atoms with E-state index in [1.54, 1.807) is 25.6 Å². The van der Waals surface area contributed by atoms with Gasteiger partial charge in [-0.25, -0.2) is 4.98 Å². The van der Waals surface area contributed by atoms with Gasteiger partial charge in [0.15, 0.2) is 17.3 Å². The lowest BCUT2D eigenvalue weighted by Crippen LogP contribution is -2.24. The maximum absolute atomic E-state index is 5.36. The average Bonchev–Trinajstić information content (AvgIpc) is 3.31. The van der Waals surface area contributed by atoms with Gasteiger partial charge in [-0.15, -0.1) is 11.3 Å². The van der Waals surface area contributed by atoms with Gasteiger partial charge in [0.2, 0.25) is 5.89 Å². The number of nitrogens with zero attached hydrogens (tertiary/aromatic N) is 3. The maximum atomic E-state index is 5.36. The molecule has 0 saturated carbocycles.